The summed E-state index contributed by atoms with van der Waals surface area (Å²) in [6, 6.07) is 13.0. The average molecular weight is 496 g/mol. The molecular weight excluding hydrogens is 463 g/mol. The quantitative estimate of drug-likeness (QED) is 0.409. The van der Waals surface area contributed by atoms with Crippen molar-refractivity contribution in [2.24, 2.45) is 5.92 Å². The fraction of sp³-hybridized carbons (Fsp3) is 0.440. The lowest BCUT2D eigenvalue weighted by molar-refractivity contribution is -0.139. The first kappa shape index (κ1) is 26.6. The van der Waals surface area contributed by atoms with Gasteiger partial charge in [-0.15, -0.1) is 11.8 Å². The molecule has 0 heterocycles. The van der Waals surface area contributed by atoms with Gasteiger partial charge in [0.05, 0.1) is 15.8 Å². The molecule has 0 unspecified atom stereocenters. The minimum atomic E-state index is -0.508. The first-order valence-electron chi connectivity index (χ1n) is 10.9. The molecule has 0 fully saturated rings. The second-order valence-corrected chi connectivity index (χ2v) is 10.1. The maximum Gasteiger partial charge on any atom is 0.242 e. The van der Waals surface area contributed by atoms with E-state index in [9.17, 15) is 9.59 Å². The van der Waals surface area contributed by atoms with E-state index >= 15 is 0 Å². The molecule has 174 valence electrons. The number of benzene rings is 2. The van der Waals surface area contributed by atoms with E-state index in [1.54, 1.807) is 11.0 Å². The Morgan fingerprint density at radius 3 is 2.44 bits per heavy atom. The van der Waals surface area contributed by atoms with Gasteiger partial charge in [-0.05, 0) is 48.1 Å². The van der Waals surface area contributed by atoms with Crippen molar-refractivity contribution in [3.8, 4) is 0 Å². The number of halogens is 2. The third-order valence-corrected chi connectivity index (χ3v) is 6.88. The van der Waals surface area contributed by atoms with E-state index in [1.807, 2.05) is 50.2 Å². The van der Waals surface area contributed by atoms with Crippen LogP contribution in [0.1, 0.15) is 43.9 Å². The highest BCUT2D eigenvalue weighted by Crippen LogP contribution is 2.25. The number of carbonyl (C=O) groups is 2. The number of carbonyl (C=O) groups excluding carboxylic acids is 2. The Kier molecular flexibility index (Phi) is 10.9. The predicted octanol–water partition coefficient (Wildman–Crippen LogP) is 6.11. The van der Waals surface area contributed by atoms with Crippen LogP contribution in [-0.2, 0) is 21.9 Å². The highest BCUT2D eigenvalue weighted by atomic mass is 35.5. The molecule has 0 saturated carbocycles. The molecule has 2 amide bonds. The third kappa shape index (κ3) is 8.02. The standard InChI is InChI=1S/C25H32Cl2N2O2S/c1-5-23(25(31)28-13-17(2)3)29(14-20-9-7-6-8-18(20)4)24(30)16-32-15-19-10-11-21(26)22(27)12-19/h6-12,17,23H,5,13-16H2,1-4H3,(H,28,31)/t23-/m0/s1. The van der Waals surface area contributed by atoms with Gasteiger partial charge in [0.15, 0.2) is 0 Å². The lowest BCUT2D eigenvalue weighted by atomic mass is 10.1. The molecule has 0 aliphatic rings. The number of aryl methyl sites for hydroxylation is 1. The molecule has 0 aliphatic carbocycles. The van der Waals surface area contributed by atoms with Crippen LogP contribution in [0.5, 0.6) is 0 Å². The normalized spacial score (nSPS) is 12.0. The van der Waals surface area contributed by atoms with E-state index in [2.05, 4.69) is 19.2 Å². The van der Waals surface area contributed by atoms with Gasteiger partial charge in [-0.25, -0.2) is 0 Å². The fourth-order valence-corrected chi connectivity index (χ4v) is 4.46. The van der Waals surface area contributed by atoms with E-state index in [0.29, 0.717) is 41.2 Å². The van der Waals surface area contributed by atoms with Crippen molar-refractivity contribution in [1.82, 2.24) is 10.2 Å². The van der Waals surface area contributed by atoms with E-state index in [4.69, 9.17) is 23.2 Å². The first-order chi connectivity index (χ1) is 15.2. The molecule has 1 N–H and O–H groups in total. The van der Waals surface area contributed by atoms with Gasteiger partial charge >= 0.3 is 0 Å². The molecule has 0 saturated heterocycles. The third-order valence-electron chi connectivity index (χ3n) is 5.15. The van der Waals surface area contributed by atoms with Crippen molar-refractivity contribution in [2.75, 3.05) is 12.3 Å². The average Bonchev–Trinajstić information content (AvgIpc) is 2.75. The van der Waals surface area contributed by atoms with Gasteiger partial charge in [0.2, 0.25) is 11.8 Å². The number of thioether (sulfide) groups is 1. The summed E-state index contributed by atoms with van der Waals surface area (Å²) < 4.78 is 0. The SMILES string of the molecule is CC[C@@H](C(=O)NCC(C)C)N(Cc1ccccc1C)C(=O)CSCc1ccc(Cl)c(Cl)c1. The molecule has 2 rings (SSSR count). The second-order valence-electron chi connectivity index (χ2n) is 8.25. The number of amides is 2. The fourth-order valence-electron chi connectivity index (χ4n) is 3.28. The molecule has 0 radical (unpaired) electrons. The summed E-state index contributed by atoms with van der Waals surface area (Å²) in [6.07, 6.45) is 0.555. The Morgan fingerprint density at radius 1 is 1.09 bits per heavy atom. The van der Waals surface area contributed by atoms with Gasteiger partial charge in [0.25, 0.3) is 0 Å². The summed E-state index contributed by atoms with van der Waals surface area (Å²) in [4.78, 5) is 27.9. The second kappa shape index (κ2) is 13.1. The van der Waals surface area contributed by atoms with E-state index in [-0.39, 0.29) is 17.6 Å². The van der Waals surface area contributed by atoms with Crippen LogP contribution >= 0.6 is 35.0 Å². The van der Waals surface area contributed by atoms with Crippen molar-refractivity contribution in [2.45, 2.75) is 52.5 Å². The van der Waals surface area contributed by atoms with Crippen molar-refractivity contribution >= 4 is 46.8 Å². The van der Waals surface area contributed by atoms with Gasteiger partial charge in [-0.3, -0.25) is 9.59 Å². The maximum atomic E-state index is 13.3. The zero-order valence-electron chi connectivity index (χ0n) is 19.2. The number of rotatable bonds is 11. The summed E-state index contributed by atoms with van der Waals surface area (Å²) in [7, 11) is 0. The monoisotopic (exact) mass is 494 g/mol. The molecular formula is C25H32Cl2N2O2S. The summed E-state index contributed by atoms with van der Waals surface area (Å²) in [5.41, 5.74) is 3.15. The van der Waals surface area contributed by atoms with Gasteiger partial charge in [0.1, 0.15) is 6.04 Å². The van der Waals surface area contributed by atoms with Crippen LogP contribution in [0, 0.1) is 12.8 Å². The van der Waals surface area contributed by atoms with Gasteiger partial charge in [-0.1, -0.05) is 74.3 Å². The van der Waals surface area contributed by atoms with Crippen molar-refractivity contribution in [3.63, 3.8) is 0 Å². The van der Waals surface area contributed by atoms with Gasteiger partial charge in [-0.2, -0.15) is 0 Å². The van der Waals surface area contributed by atoms with Crippen LogP contribution < -0.4 is 5.32 Å². The molecule has 0 aromatic heterocycles. The molecule has 2 aromatic rings. The molecule has 0 spiro atoms. The van der Waals surface area contributed by atoms with E-state index < -0.39 is 6.04 Å². The lowest BCUT2D eigenvalue weighted by Gasteiger charge is -2.31. The van der Waals surface area contributed by atoms with Crippen molar-refractivity contribution in [1.29, 1.82) is 0 Å². The zero-order valence-corrected chi connectivity index (χ0v) is 21.5. The van der Waals surface area contributed by atoms with Crippen LogP contribution in [0.25, 0.3) is 0 Å². The van der Waals surface area contributed by atoms with Crippen LogP contribution in [0.4, 0.5) is 0 Å². The Labute approximate surface area is 206 Å². The molecule has 0 bridgehead atoms. The highest BCUT2D eigenvalue weighted by Gasteiger charge is 2.28. The predicted molar refractivity (Wildman–Crippen MR) is 136 cm³/mol. The number of hydrogen-bond donors (Lipinski definition) is 1. The number of nitrogens with one attached hydrogen (secondary N) is 1. The molecule has 4 nitrogen and oxygen atoms in total. The molecule has 2 aromatic carbocycles. The van der Waals surface area contributed by atoms with Gasteiger partial charge < -0.3 is 10.2 Å². The van der Waals surface area contributed by atoms with Crippen molar-refractivity contribution < 1.29 is 9.59 Å². The summed E-state index contributed by atoms with van der Waals surface area (Å²) >= 11 is 13.6. The van der Waals surface area contributed by atoms with Crippen LogP contribution in [0.2, 0.25) is 10.0 Å². The van der Waals surface area contributed by atoms with Gasteiger partial charge in [0, 0.05) is 18.8 Å². The summed E-state index contributed by atoms with van der Waals surface area (Å²) in [5, 5.41) is 4.01. The first-order valence-corrected chi connectivity index (χ1v) is 12.8. The van der Waals surface area contributed by atoms with E-state index in [0.717, 1.165) is 16.7 Å². The van der Waals surface area contributed by atoms with Crippen LogP contribution in [-0.4, -0.2) is 35.1 Å². The molecule has 1 atom stereocenters. The maximum absolute atomic E-state index is 13.3. The Hall–Kier alpha value is -1.69. The molecule has 32 heavy (non-hydrogen) atoms. The highest BCUT2D eigenvalue weighted by molar-refractivity contribution is 7.99. The minimum absolute atomic E-state index is 0.0511. The Balaban J connectivity index is 2.14. The van der Waals surface area contributed by atoms with Crippen LogP contribution in [0.3, 0.4) is 0 Å². The largest absolute Gasteiger partial charge is 0.354 e. The van der Waals surface area contributed by atoms with Crippen LogP contribution in [0.15, 0.2) is 42.5 Å². The zero-order chi connectivity index (χ0) is 23.7. The molecule has 7 heteroatoms. The smallest absolute Gasteiger partial charge is 0.242 e. The minimum Gasteiger partial charge on any atom is -0.354 e. The topological polar surface area (TPSA) is 49.4 Å². The molecule has 0 aliphatic heterocycles. The Morgan fingerprint density at radius 2 is 1.81 bits per heavy atom. The lowest BCUT2D eigenvalue weighted by Crippen LogP contribution is -2.50. The number of nitrogens with zero attached hydrogens (tertiary/aromatic N) is 1. The van der Waals surface area contributed by atoms with E-state index in [1.165, 1.54) is 11.8 Å². The number of hydrogen-bond acceptors (Lipinski definition) is 3. The van der Waals surface area contributed by atoms with Crippen molar-refractivity contribution in [3.05, 3.63) is 69.2 Å². The summed E-state index contributed by atoms with van der Waals surface area (Å²) in [6.45, 7) is 9.08. The Bertz CT molecular complexity index is 921. The summed E-state index contributed by atoms with van der Waals surface area (Å²) in [5.74, 6) is 1.11.